The fourth-order valence-electron chi connectivity index (χ4n) is 1.54. The molecular weight excluding hydrogens is 278 g/mol. The van der Waals surface area contributed by atoms with Crippen molar-refractivity contribution in [1.29, 1.82) is 0 Å². The topological polar surface area (TPSA) is 34.7 Å². The van der Waals surface area contributed by atoms with Crippen molar-refractivity contribution in [3.8, 4) is 11.5 Å². The zero-order valence-corrected chi connectivity index (χ0v) is 13.6. The van der Waals surface area contributed by atoms with Gasteiger partial charge in [0.25, 0.3) is 0 Å². The Kier molecular flexibility index (Phi) is 5.02. The lowest BCUT2D eigenvalue weighted by atomic mass is 10.2. The van der Waals surface area contributed by atoms with Crippen molar-refractivity contribution in [2.24, 2.45) is 5.16 Å². The van der Waals surface area contributed by atoms with Crippen molar-refractivity contribution >= 4 is 13.8 Å². The Hall–Kier alpha value is -2.25. The van der Waals surface area contributed by atoms with Crippen LogP contribution >= 0.6 is 0 Å². The monoisotopic (exact) mass is 297 g/mol. The van der Waals surface area contributed by atoms with Crippen LogP contribution in [0, 0.1) is 11.5 Å². The van der Waals surface area contributed by atoms with Gasteiger partial charge in [0, 0.05) is 0 Å². The van der Waals surface area contributed by atoms with Gasteiger partial charge in [-0.05, 0) is 23.6 Å². The maximum atomic E-state index is 5.41. The van der Waals surface area contributed by atoms with E-state index >= 15 is 0 Å². The van der Waals surface area contributed by atoms with Gasteiger partial charge in [0.2, 0.25) is 0 Å². The Morgan fingerprint density at radius 1 is 1.14 bits per heavy atom. The van der Waals surface area contributed by atoms with Crippen molar-refractivity contribution in [2.45, 2.75) is 26.2 Å². The van der Waals surface area contributed by atoms with Crippen molar-refractivity contribution in [2.75, 3.05) is 0 Å². The van der Waals surface area contributed by atoms with E-state index in [1.807, 2.05) is 42.5 Å². The fourth-order valence-corrected chi connectivity index (χ4v) is 2.03. The highest BCUT2D eigenvalue weighted by Gasteiger charge is 2.10. The van der Waals surface area contributed by atoms with Crippen LogP contribution in [-0.4, -0.2) is 13.8 Å². The molecular formula is C17H19NO2Si. The summed E-state index contributed by atoms with van der Waals surface area (Å²) < 4.78 is 5.37. The van der Waals surface area contributed by atoms with E-state index in [-0.39, 0.29) is 0 Å². The number of benzene rings is 1. The number of nitrogens with zero attached hydrogens (tertiary/aromatic N) is 1. The second kappa shape index (κ2) is 6.96. The van der Waals surface area contributed by atoms with Crippen LogP contribution in [-0.2, 0) is 11.4 Å². The van der Waals surface area contributed by atoms with Gasteiger partial charge < -0.3 is 9.25 Å². The standard InChI is InChI=1S/C17H19NO2Si/c1-21(2,3)13-11-16(17-10-7-12-19-17)18-20-14-15-8-5-4-6-9-15/h4-10,12H,14H2,1-3H3/b18-16+. The van der Waals surface area contributed by atoms with E-state index in [1.54, 1.807) is 6.26 Å². The lowest BCUT2D eigenvalue weighted by Gasteiger charge is -2.04. The van der Waals surface area contributed by atoms with Gasteiger partial charge in [-0.3, -0.25) is 0 Å². The van der Waals surface area contributed by atoms with Crippen LogP contribution in [0.3, 0.4) is 0 Å². The predicted molar refractivity (Wildman–Crippen MR) is 87.6 cm³/mol. The fraction of sp³-hybridized carbons (Fsp3) is 0.235. The molecule has 0 radical (unpaired) electrons. The van der Waals surface area contributed by atoms with Crippen molar-refractivity contribution in [3.05, 3.63) is 60.1 Å². The van der Waals surface area contributed by atoms with Crippen LogP contribution in [0.1, 0.15) is 11.3 Å². The molecule has 0 saturated heterocycles. The molecule has 0 N–H and O–H groups in total. The maximum Gasteiger partial charge on any atom is 0.194 e. The molecule has 2 aromatic rings. The third-order valence-electron chi connectivity index (χ3n) is 2.54. The van der Waals surface area contributed by atoms with Gasteiger partial charge in [-0.2, -0.15) is 0 Å². The summed E-state index contributed by atoms with van der Waals surface area (Å²) in [5, 5.41) is 4.14. The van der Waals surface area contributed by atoms with Crippen LogP contribution in [0.15, 0.2) is 58.3 Å². The van der Waals surface area contributed by atoms with Gasteiger partial charge in [0.15, 0.2) is 11.5 Å². The number of hydrogen-bond donors (Lipinski definition) is 0. The van der Waals surface area contributed by atoms with Gasteiger partial charge in [0.1, 0.15) is 14.7 Å². The summed E-state index contributed by atoms with van der Waals surface area (Å²) in [5.74, 6) is 3.72. The molecule has 1 aromatic heterocycles. The highest BCUT2D eigenvalue weighted by molar-refractivity contribution is 6.84. The molecule has 0 spiro atoms. The van der Waals surface area contributed by atoms with Crippen LogP contribution in [0.5, 0.6) is 0 Å². The largest absolute Gasteiger partial charge is 0.462 e. The summed E-state index contributed by atoms with van der Waals surface area (Å²) in [6, 6.07) is 13.6. The lowest BCUT2D eigenvalue weighted by molar-refractivity contribution is 0.131. The Morgan fingerprint density at radius 3 is 2.52 bits per heavy atom. The number of oxime groups is 1. The lowest BCUT2D eigenvalue weighted by Crippen LogP contribution is -2.17. The molecule has 0 saturated carbocycles. The first-order chi connectivity index (χ1) is 10.0. The summed E-state index contributed by atoms with van der Waals surface area (Å²) >= 11 is 0. The molecule has 4 heteroatoms. The van der Waals surface area contributed by atoms with Crippen molar-refractivity contribution in [1.82, 2.24) is 0 Å². The minimum atomic E-state index is -1.47. The number of furan rings is 1. The van der Waals surface area contributed by atoms with Crippen LogP contribution < -0.4 is 0 Å². The van der Waals surface area contributed by atoms with Crippen LogP contribution in [0.25, 0.3) is 0 Å². The Morgan fingerprint density at radius 2 is 1.90 bits per heavy atom. The average Bonchev–Trinajstić information content (AvgIpc) is 2.96. The molecule has 0 fully saturated rings. The highest BCUT2D eigenvalue weighted by Crippen LogP contribution is 2.06. The van der Waals surface area contributed by atoms with Crippen LogP contribution in [0.4, 0.5) is 0 Å². The number of hydrogen-bond acceptors (Lipinski definition) is 3. The van der Waals surface area contributed by atoms with Gasteiger partial charge >= 0.3 is 0 Å². The second-order valence-electron chi connectivity index (χ2n) is 5.68. The molecule has 2 rings (SSSR count). The minimum absolute atomic E-state index is 0.416. The molecule has 0 atom stereocenters. The summed E-state index contributed by atoms with van der Waals surface area (Å²) in [7, 11) is -1.47. The Balaban J connectivity index is 2.12. The molecule has 0 aliphatic carbocycles. The third kappa shape index (κ3) is 5.33. The second-order valence-corrected chi connectivity index (χ2v) is 10.4. The Labute approximate surface area is 126 Å². The van der Waals surface area contributed by atoms with Gasteiger partial charge in [-0.25, -0.2) is 0 Å². The summed E-state index contributed by atoms with van der Waals surface area (Å²) in [6.45, 7) is 6.97. The van der Waals surface area contributed by atoms with Crippen molar-refractivity contribution in [3.63, 3.8) is 0 Å². The third-order valence-corrected chi connectivity index (χ3v) is 3.42. The van der Waals surface area contributed by atoms with E-state index in [0.717, 1.165) is 5.56 Å². The van der Waals surface area contributed by atoms with Crippen LogP contribution in [0.2, 0.25) is 19.6 Å². The minimum Gasteiger partial charge on any atom is -0.462 e. The molecule has 0 unspecified atom stereocenters. The molecule has 3 nitrogen and oxygen atoms in total. The van der Waals surface area contributed by atoms with Gasteiger partial charge in [0.05, 0.1) is 6.26 Å². The molecule has 1 aromatic carbocycles. The molecule has 1 heterocycles. The number of rotatable bonds is 4. The zero-order valence-electron chi connectivity index (χ0n) is 12.6. The quantitative estimate of drug-likeness (QED) is 0.369. The first-order valence-corrected chi connectivity index (χ1v) is 10.4. The molecule has 21 heavy (non-hydrogen) atoms. The zero-order chi connectivity index (χ0) is 15.1. The van der Waals surface area contributed by atoms with E-state index < -0.39 is 8.07 Å². The normalized spacial score (nSPS) is 11.7. The van der Waals surface area contributed by atoms with Crippen molar-refractivity contribution < 1.29 is 9.25 Å². The molecule has 0 aliphatic rings. The average molecular weight is 297 g/mol. The summed E-state index contributed by atoms with van der Waals surface area (Å²) in [5.41, 5.74) is 4.88. The molecule has 108 valence electrons. The molecule has 0 bridgehead atoms. The SMILES string of the molecule is C[Si](C)(C)C#C/C(=N\OCc1ccccc1)c1ccco1. The van der Waals surface area contributed by atoms with Gasteiger partial charge in [-0.1, -0.05) is 55.1 Å². The predicted octanol–water partition coefficient (Wildman–Crippen LogP) is 4.08. The van der Waals surface area contributed by atoms with Gasteiger partial charge in [-0.15, -0.1) is 5.54 Å². The Bertz CT molecular complexity index is 644. The van der Waals surface area contributed by atoms with E-state index in [1.165, 1.54) is 0 Å². The molecule has 0 aliphatic heterocycles. The maximum absolute atomic E-state index is 5.41. The summed E-state index contributed by atoms with van der Waals surface area (Å²) in [6.07, 6.45) is 1.61. The highest BCUT2D eigenvalue weighted by atomic mass is 28.3. The molecule has 0 amide bonds. The van der Waals surface area contributed by atoms with E-state index in [4.69, 9.17) is 9.25 Å². The smallest absolute Gasteiger partial charge is 0.194 e. The first kappa shape index (κ1) is 15.1. The first-order valence-electron chi connectivity index (χ1n) is 6.85. The summed E-state index contributed by atoms with van der Waals surface area (Å²) in [4.78, 5) is 5.41. The van der Waals surface area contributed by atoms with E-state index in [0.29, 0.717) is 18.1 Å². The van der Waals surface area contributed by atoms with E-state index in [9.17, 15) is 0 Å². The van der Waals surface area contributed by atoms with E-state index in [2.05, 4.69) is 36.3 Å².